The third kappa shape index (κ3) is 2.91. The zero-order chi connectivity index (χ0) is 14.8. The molecule has 0 bridgehead atoms. The maximum atomic E-state index is 11.5. The Labute approximate surface area is 132 Å². The van der Waals surface area contributed by atoms with E-state index in [0.29, 0.717) is 0 Å². The molecule has 2 aromatic rings. The van der Waals surface area contributed by atoms with E-state index in [1.165, 1.54) is 14.6 Å². The van der Waals surface area contributed by atoms with Crippen LogP contribution in [0.25, 0.3) is 0 Å². The summed E-state index contributed by atoms with van der Waals surface area (Å²) < 4.78 is 0. The molecule has 0 radical (unpaired) electrons. The number of carbonyl (C=O) groups is 1. The molecule has 112 valence electrons. The molecule has 3 nitrogen and oxygen atoms in total. The maximum Gasteiger partial charge on any atom is 0.320 e. The van der Waals surface area contributed by atoms with E-state index in [0.717, 1.165) is 25.8 Å². The Hall–Kier alpha value is -1.17. The molecule has 2 unspecified atom stereocenters. The quantitative estimate of drug-likeness (QED) is 0.904. The second-order valence-corrected chi connectivity index (χ2v) is 7.49. The van der Waals surface area contributed by atoms with E-state index in [2.05, 4.69) is 35.4 Å². The summed E-state index contributed by atoms with van der Waals surface area (Å²) in [6.07, 6.45) is 2.75. The Morgan fingerprint density at radius 3 is 2.90 bits per heavy atom. The van der Waals surface area contributed by atoms with Crippen molar-refractivity contribution >= 4 is 28.6 Å². The van der Waals surface area contributed by atoms with Crippen molar-refractivity contribution in [3.8, 4) is 0 Å². The molecule has 1 N–H and O–H groups in total. The Morgan fingerprint density at radius 1 is 1.43 bits per heavy atom. The first kappa shape index (κ1) is 14.8. The highest BCUT2D eigenvalue weighted by atomic mass is 32.1. The number of aliphatic carboxylic acids is 1. The van der Waals surface area contributed by atoms with Crippen molar-refractivity contribution in [1.82, 2.24) is 4.90 Å². The number of aryl methyl sites for hydroxylation is 1. The topological polar surface area (TPSA) is 40.5 Å². The molecule has 0 amide bonds. The molecule has 0 aromatic carbocycles. The Kier molecular flexibility index (Phi) is 4.42. The summed E-state index contributed by atoms with van der Waals surface area (Å²) in [5.41, 5.74) is 0. The zero-order valence-electron chi connectivity index (χ0n) is 12.0. The number of nitrogens with zero attached hydrogens (tertiary/aromatic N) is 1. The predicted molar refractivity (Wildman–Crippen MR) is 87.2 cm³/mol. The van der Waals surface area contributed by atoms with Gasteiger partial charge in [0.2, 0.25) is 0 Å². The van der Waals surface area contributed by atoms with Crippen LogP contribution in [-0.4, -0.2) is 28.6 Å². The van der Waals surface area contributed by atoms with Crippen molar-refractivity contribution in [3.63, 3.8) is 0 Å². The number of carboxylic acids is 1. The fourth-order valence-corrected chi connectivity index (χ4v) is 5.04. The van der Waals surface area contributed by atoms with Crippen LogP contribution in [0, 0.1) is 0 Å². The van der Waals surface area contributed by atoms with Crippen LogP contribution in [0.5, 0.6) is 0 Å². The molecule has 0 saturated carbocycles. The molecule has 5 heteroatoms. The van der Waals surface area contributed by atoms with E-state index in [1.54, 1.807) is 11.3 Å². The number of hydrogen-bond acceptors (Lipinski definition) is 4. The smallest absolute Gasteiger partial charge is 0.320 e. The lowest BCUT2D eigenvalue weighted by Crippen LogP contribution is -2.38. The number of rotatable bonds is 5. The van der Waals surface area contributed by atoms with Gasteiger partial charge in [-0.2, -0.15) is 0 Å². The first-order valence-corrected chi connectivity index (χ1v) is 9.01. The molecule has 1 aliphatic heterocycles. The summed E-state index contributed by atoms with van der Waals surface area (Å²) in [6, 6.07) is 8.26. The summed E-state index contributed by atoms with van der Waals surface area (Å²) in [5, 5.41) is 11.6. The van der Waals surface area contributed by atoms with Crippen molar-refractivity contribution in [3.05, 3.63) is 44.3 Å². The Morgan fingerprint density at radius 2 is 2.29 bits per heavy atom. The molecular weight excluding hydrogens is 302 g/mol. The zero-order valence-corrected chi connectivity index (χ0v) is 13.6. The Bertz CT molecular complexity index is 606. The lowest BCUT2D eigenvalue weighted by Gasteiger charge is -2.29. The lowest BCUT2D eigenvalue weighted by atomic mass is 10.1. The molecule has 2 aromatic heterocycles. The molecule has 1 aliphatic rings. The summed E-state index contributed by atoms with van der Waals surface area (Å²) in [7, 11) is 0. The van der Waals surface area contributed by atoms with Crippen LogP contribution in [0.2, 0.25) is 0 Å². The largest absolute Gasteiger partial charge is 0.480 e. The number of thiophene rings is 2. The van der Waals surface area contributed by atoms with Gasteiger partial charge in [0.25, 0.3) is 0 Å². The highest BCUT2D eigenvalue weighted by Gasteiger charge is 2.37. The van der Waals surface area contributed by atoms with Gasteiger partial charge in [-0.05, 0) is 42.8 Å². The van der Waals surface area contributed by atoms with Crippen LogP contribution in [0.3, 0.4) is 0 Å². The molecule has 0 aliphatic carbocycles. The van der Waals surface area contributed by atoms with E-state index < -0.39 is 5.97 Å². The second-order valence-electron chi connectivity index (χ2n) is 5.31. The van der Waals surface area contributed by atoms with E-state index in [1.807, 2.05) is 17.4 Å². The van der Waals surface area contributed by atoms with Gasteiger partial charge in [0.1, 0.15) is 6.04 Å². The summed E-state index contributed by atoms with van der Waals surface area (Å²) in [5.74, 6) is -0.693. The van der Waals surface area contributed by atoms with Gasteiger partial charge in [0.05, 0.1) is 6.04 Å². The predicted octanol–water partition coefficient (Wildman–Crippen LogP) is 4.01. The second kappa shape index (κ2) is 6.30. The van der Waals surface area contributed by atoms with Crippen LogP contribution in [-0.2, 0) is 11.2 Å². The molecular formula is C16H19NO2S2. The molecule has 0 spiro atoms. The number of hydrogen-bond donors (Lipinski definition) is 1. The van der Waals surface area contributed by atoms with Gasteiger partial charge in [-0.25, -0.2) is 0 Å². The van der Waals surface area contributed by atoms with Crippen molar-refractivity contribution in [2.24, 2.45) is 0 Å². The monoisotopic (exact) mass is 321 g/mol. The van der Waals surface area contributed by atoms with Crippen molar-refractivity contribution in [2.75, 3.05) is 6.54 Å². The van der Waals surface area contributed by atoms with Crippen molar-refractivity contribution in [2.45, 2.75) is 38.3 Å². The standard InChI is InChI=1S/C16H19NO2S2/c1-2-11-7-8-14(21-11)15(13-6-4-10-20-13)17-9-3-5-12(17)16(18)19/h4,6-8,10,12,15H,2-3,5,9H2,1H3,(H,18,19). The molecule has 21 heavy (non-hydrogen) atoms. The minimum Gasteiger partial charge on any atom is -0.480 e. The molecule has 3 rings (SSSR count). The average Bonchev–Trinajstić information content (AvgIpc) is 3.21. The molecule has 2 atom stereocenters. The van der Waals surface area contributed by atoms with Crippen LogP contribution in [0.1, 0.15) is 40.4 Å². The minimum atomic E-state index is -0.693. The molecule has 1 saturated heterocycles. The lowest BCUT2D eigenvalue weighted by molar-refractivity contribution is -0.142. The third-order valence-corrected chi connectivity index (χ3v) is 6.23. The van der Waals surface area contributed by atoms with Gasteiger partial charge in [-0.15, -0.1) is 22.7 Å². The van der Waals surface area contributed by atoms with Gasteiger partial charge >= 0.3 is 5.97 Å². The highest BCUT2D eigenvalue weighted by Crippen LogP contribution is 2.39. The van der Waals surface area contributed by atoms with E-state index in [9.17, 15) is 9.90 Å². The summed E-state index contributed by atoms with van der Waals surface area (Å²) in [4.78, 5) is 17.6. The average molecular weight is 321 g/mol. The van der Waals surface area contributed by atoms with Gasteiger partial charge in [0.15, 0.2) is 0 Å². The van der Waals surface area contributed by atoms with E-state index >= 15 is 0 Å². The van der Waals surface area contributed by atoms with Gasteiger partial charge in [0, 0.05) is 21.2 Å². The normalized spacial score (nSPS) is 20.7. The summed E-state index contributed by atoms with van der Waals surface area (Å²) in [6.45, 7) is 3.02. The first-order valence-electron chi connectivity index (χ1n) is 7.31. The fourth-order valence-electron chi connectivity index (χ4n) is 3.01. The highest BCUT2D eigenvalue weighted by molar-refractivity contribution is 7.13. The van der Waals surface area contributed by atoms with Gasteiger partial charge < -0.3 is 5.11 Å². The van der Waals surface area contributed by atoms with Crippen molar-refractivity contribution < 1.29 is 9.90 Å². The first-order chi connectivity index (χ1) is 10.2. The SMILES string of the molecule is CCc1ccc(C(c2cccs2)N2CCCC2C(=O)O)s1. The third-order valence-electron chi connectivity index (χ3n) is 4.02. The summed E-state index contributed by atoms with van der Waals surface area (Å²) >= 11 is 3.53. The van der Waals surface area contributed by atoms with E-state index in [-0.39, 0.29) is 12.1 Å². The fraction of sp³-hybridized carbons (Fsp3) is 0.438. The Balaban J connectivity index is 1.98. The van der Waals surface area contributed by atoms with Crippen LogP contribution in [0.15, 0.2) is 29.6 Å². The maximum absolute atomic E-state index is 11.5. The van der Waals surface area contributed by atoms with Gasteiger partial charge in [-0.1, -0.05) is 13.0 Å². The van der Waals surface area contributed by atoms with E-state index in [4.69, 9.17) is 0 Å². The van der Waals surface area contributed by atoms with Crippen LogP contribution in [0.4, 0.5) is 0 Å². The number of likely N-dealkylation sites (tertiary alicyclic amines) is 1. The minimum absolute atomic E-state index is 0.0962. The van der Waals surface area contributed by atoms with Crippen LogP contribution < -0.4 is 0 Å². The van der Waals surface area contributed by atoms with Crippen LogP contribution >= 0.6 is 22.7 Å². The van der Waals surface area contributed by atoms with Gasteiger partial charge in [-0.3, -0.25) is 9.69 Å². The molecule has 3 heterocycles. The number of carboxylic acid groups (broad SMARTS) is 1. The van der Waals surface area contributed by atoms with Crippen molar-refractivity contribution in [1.29, 1.82) is 0 Å². The molecule has 1 fully saturated rings.